The van der Waals surface area contributed by atoms with Crippen molar-refractivity contribution in [3.05, 3.63) is 35.4 Å². The zero-order valence-corrected chi connectivity index (χ0v) is 17.3. The van der Waals surface area contributed by atoms with Gasteiger partial charge in [-0.15, -0.1) is 0 Å². The van der Waals surface area contributed by atoms with E-state index in [-0.39, 0.29) is 29.7 Å². The number of nitriles is 1. The Morgan fingerprint density at radius 2 is 2.16 bits per heavy atom. The summed E-state index contributed by atoms with van der Waals surface area (Å²) in [6.45, 7) is 2.89. The van der Waals surface area contributed by atoms with E-state index >= 15 is 0 Å². The molecule has 1 aromatic heterocycles. The third kappa shape index (κ3) is 5.67. The topological polar surface area (TPSA) is 164 Å². The number of carbonyl (C=O) groups excluding carboxylic acids is 1. The van der Waals surface area contributed by atoms with E-state index in [0.717, 1.165) is 6.42 Å². The molecule has 3 rings (SSSR count). The first-order chi connectivity index (χ1) is 14.7. The highest BCUT2D eigenvalue weighted by atomic mass is 16.7. The van der Waals surface area contributed by atoms with Gasteiger partial charge in [0.15, 0.2) is 5.82 Å². The molecule has 164 valence electrons. The fourth-order valence-corrected chi connectivity index (χ4v) is 3.13. The number of ether oxygens (including phenoxy) is 1. The summed E-state index contributed by atoms with van der Waals surface area (Å²) in [4.78, 5) is 26.3. The van der Waals surface area contributed by atoms with E-state index in [1.807, 2.05) is 6.07 Å². The van der Waals surface area contributed by atoms with Gasteiger partial charge in [-0.3, -0.25) is 9.63 Å². The standard InChI is InChI=1S/C21H25N5O5/c1-21(2,29)11-30-26-19(28)16-17(23)24-18(13-6-3-5-12(9-13)10-22)25-20(16)31-15-8-4-7-14(15)27/h3,5-6,9,14-15,27,29H,4,7-8,11H2,1-2H3,(H,26,28)(H2,23,24,25). The van der Waals surface area contributed by atoms with Crippen molar-refractivity contribution in [1.29, 1.82) is 5.26 Å². The van der Waals surface area contributed by atoms with Crippen molar-refractivity contribution in [1.82, 2.24) is 15.4 Å². The third-order valence-electron chi connectivity index (χ3n) is 4.65. The highest BCUT2D eigenvalue weighted by molar-refractivity contribution is 6.00. The molecule has 1 aliphatic carbocycles. The average Bonchev–Trinajstić information content (AvgIpc) is 3.11. The molecule has 0 radical (unpaired) electrons. The van der Waals surface area contributed by atoms with Crippen molar-refractivity contribution in [2.24, 2.45) is 0 Å². The van der Waals surface area contributed by atoms with Crippen molar-refractivity contribution >= 4 is 11.7 Å². The molecule has 1 heterocycles. The first-order valence-corrected chi connectivity index (χ1v) is 9.85. The van der Waals surface area contributed by atoms with Gasteiger partial charge in [0.2, 0.25) is 5.88 Å². The van der Waals surface area contributed by atoms with Crippen LogP contribution in [-0.2, 0) is 4.84 Å². The molecule has 0 saturated heterocycles. The van der Waals surface area contributed by atoms with Crippen molar-refractivity contribution in [3.63, 3.8) is 0 Å². The van der Waals surface area contributed by atoms with Gasteiger partial charge in [0.1, 0.15) is 24.1 Å². The minimum atomic E-state index is -1.15. The van der Waals surface area contributed by atoms with Gasteiger partial charge in [0.05, 0.1) is 23.3 Å². The molecule has 10 nitrogen and oxygen atoms in total. The van der Waals surface area contributed by atoms with Crippen LogP contribution in [0.1, 0.15) is 49.0 Å². The van der Waals surface area contributed by atoms with Crippen LogP contribution in [0.25, 0.3) is 11.4 Å². The minimum Gasteiger partial charge on any atom is -0.471 e. The predicted molar refractivity (Wildman–Crippen MR) is 111 cm³/mol. The van der Waals surface area contributed by atoms with Gasteiger partial charge >= 0.3 is 0 Å². The Bertz CT molecular complexity index is 999. The van der Waals surface area contributed by atoms with Crippen LogP contribution in [-0.4, -0.2) is 50.5 Å². The largest absolute Gasteiger partial charge is 0.471 e. The molecule has 1 aromatic carbocycles. The zero-order chi connectivity index (χ0) is 22.6. The van der Waals surface area contributed by atoms with Crippen LogP contribution in [0.2, 0.25) is 0 Å². The van der Waals surface area contributed by atoms with Crippen LogP contribution in [0.3, 0.4) is 0 Å². The highest BCUT2D eigenvalue weighted by Crippen LogP contribution is 2.30. The summed E-state index contributed by atoms with van der Waals surface area (Å²) in [7, 11) is 0. The summed E-state index contributed by atoms with van der Waals surface area (Å²) < 4.78 is 5.87. The van der Waals surface area contributed by atoms with Crippen molar-refractivity contribution < 1.29 is 24.6 Å². The molecule has 1 aliphatic rings. The lowest BCUT2D eigenvalue weighted by Gasteiger charge is -2.20. The first-order valence-electron chi connectivity index (χ1n) is 9.85. The number of aliphatic hydroxyl groups is 2. The molecule has 2 atom stereocenters. The number of hydrogen-bond donors (Lipinski definition) is 4. The molecule has 1 fully saturated rings. The molecule has 5 N–H and O–H groups in total. The second kappa shape index (κ2) is 9.26. The van der Waals surface area contributed by atoms with Crippen molar-refractivity contribution in [2.45, 2.75) is 50.9 Å². The van der Waals surface area contributed by atoms with E-state index in [1.165, 1.54) is 13.8 Å². The van der Waals surface area contributed by atoms with Gasteiger partial charge < -0.3 is 20.7 Å². The predicted octanol–water partition coefficient (Wildman–Crippen LogP) is 1.32. The van der Waals surface area contributed by atoms with E-state index in [2.05, 4.69) is 15.4 Å². The minimum absolute atomic E-state index is 0.0971. The molecule has 0 spiro atoms. The number of carbonyl (C=O) groups is 1. The number of nitrogen functional groups attached to an aromatic ring is 1. The number of hydroxylamine groups is 1. The summed E-state index contributed by atoms with van der Waals surface area (Å²) >= 11 is 0. The Kier molecular flexibility index (Phi) is 6.70. The molecular formula is C21H25N5O5. The lowest BCUT2D eigenvalue weighted by molar-refractivity contribution is -0.0523. The van der Waals surface area contributed by atoms with E-state index < -0.39 is 23.7 Å². The Morgan fingerprint density at radius 1 is 1.39 bits per heavy atom. The monoisotopic (exact) mass is 427 g/mol. The zero-order valence-electron chi connectivity index (χ0n) is 17.3. The van der Waals surface area contributed by atoms with Gasteiger partial charge in [0, 0.05) is 5.56 Å². The Hall–Kier alpha value is -3.26. The summed E-state index contributed by atoms with van der Waals surface area (Å²) in [6, 6.07) is 8.66. The maximum Gasteiger partial charge on any atom is 0.284 e. The average molecular weight is 427 g/mol. The SMILES string of the molecule is CC(C)(O)CONC(=O)c1c(N)nc(-c2cccc(C#N)c2)nc1OC1CCCC1O. The number of nitrogens with zero attached hydrogens (tertiary/aromatic N) is 3. The molecule has 0 bridgehead atoms. The van der Waals surface area contributed by atoms with Gasteiger partial charge in [-0.2, -0.15) is 10.2 Å². The van der Waals surface area contributed by atoms with Crippen LogP contribution in [0, 0.1) is 11.3 Å². The fourth-order valence-electron chi connectivity index (χ4n) is 3.13. The quantitative estimate of drug-likeness (QED) is 0.477. The number of benzene rings is 1. The lowest BCUT2D eigenvalue weighted by Crippen LogP contribution is -2.34. The van der Waals surface area contributed by atoms with Crippen LogP contribution < -0.4 is 16.0 Å². The summed E-state index contributed by atoms with van der Waals surface area (Å²) in [5.41, 5.74) is 7.91. The van der Waals surface area contributed by atoms with Crippen molar-refractivity contribution in [3.8, 4) is 23.3 Å². The number of aromatic nitrogens is 2. The Labute approximate surface area is 179 Å². The van der Waals surface area contributed by atoms with Gasteiger partial charge in [-0.25, -0.2) is 10.5 Å². The third-order valence-corrected chi connectivity index (χ3v) is 4.65. The number of hydrogen-bond acceptors (Lipinski definition) is 9. The summed E-state index contributed by atoms with van der Waals surface area (Å²) in [5.74, 6) is -0.827. The second-order valence-electron chi connectivity index (χ2n) is 7.99. The molecule has 31 heavy (non-hydrogen) atoms. The molecule has 10 heteroatoms. The van der Waals surface area contributed by atoms with Crippen LogP contribution in [0.5, 0.6) is 5.88 Å². The highest BCUT2D eigenvalue weighted by Gasteiger charge is 2.31. The van der Waals surface area contributed by atoms with E-state index in [4.69, 9.17) is 20.6 Å². The lowest BCUT2D eigenvalue weighted by atomic mass is 10.1. The molecule has 2 aromatic rings. The summed E-state index contributed by atoms with van der Waals surface area (Å²) in [5, 5.41) is 29.0. The van der Waals surface area contributed by atoms with E-state index in [1.54, 1.807) is 24.3 Å². The summed E-state index contributed by atoms with van der Waals surface area (Å²) in [6.07, 6.45) is 0.721. The molecule has 1 saturated carbocycles. The Morgan fingerprint density at radius 3 is 2.81 bits per heavy atom. The second-order valence-corrected chi connectivity index (χ2v) is 7.99. The van der Waals surface area contributed by atoms with Gasteiger partial charge in [-0.05, 0) is 45.2 Å². The normalized spacial score (nSPS) is 18.4. The first kappa shape index (κ1) is 22.4. The van der Waals surface area contributed by atoms with Gasteiger partial charge in [-0.1, -0.05) is 12.1 Å². The van der Waals surface area contributed by atoms with Crippen LogP contribution >= 0.6 is 0 Å². The molecule has 2 unspecified atom stereocenters. The fraction of sp³-hybridized carbons (Fsp3) is 0.429. The van der Waals surface area contributed by atoms with Crippen LogP contribution in [0.15, 0.2) is 24.3 Å². The van der Waals surface area contributed by atoms with Crippen molar-refractivity contribution in [2.75, 3.05) is 12.3 Å². The number of amides is 1. The number of rotatable bonds is 7. The number of nitrogens with one attached hydrogen (secondary N) is 1. The number of anilines is 1. The molecule has 1 amide bonds. The maximum atomic E-state index is 12.7. The molecule has 0 aliphatic heterocycles. The van der Waals surface area contributed by atoms with E-state index in [9.17, 15) is 15.0 Å². The van der Waals surface area contributed by atoms with E-state index in [0.29, 0.717) is 24.0 Å². The van der Waals surface area contributed by atoms with Crippen LogP contribution in [0.4, 0.5) is 5.82 Å². The number of aliphatic hydroxyl groups excluding tert-OH is 1. The number of nitrogens with two attached hydrogens (primary N) is 1. The Balaban J connectivity index is 1.96. The smallest absolute Gasteiger partial charge is 0.284 e. The molecular weight excluding hydrogens is 402 g/mol. The maximum absolute atomic E-state index is 12.7. The van der Waals surface area contributed by atoms with Gasteiger partial charge in [0.25, 0.3) is 5.91 Å².